The first-order valence-electron chi connectivity index (χ1n) is 7.31. The third kappa shape index (κ3) is 3.11. The summed E-state index contributed by atoms with van der Waals surface area (Å²) >= 11 is 1.39. The average Bonchev–Trinajstić information content (AvgIpc) is 3.34. The van der Waals surface area contributed by atoms with Crippen molar-refractivity contribution in [3.05, 3.63) is 60.1 Å². The van der Waals surface area contributed by atoms with Crippen LogP contribution in [0.1, 0.15) is 11.3 Å². The van der Waals surface area contributed by atoms with Crippen molar-refractivity contribution in [2.45, 2.75) is 17.9 Å². The van der Waals surface area contributed by atoms with Crippen LogP contribution in [0.2, 0.25) is 0 Å². The van der Waals surface area contributed by atoms with Gasteiger partial charge in [-0.2, -0.15) is 0 Å². The van der Waals surface area contributed by atoms with Crippen LogP contribution in [0.15, 0.2) is 67.3 Å². The molecule has 0 N–H and O–H groups in total. The predicted molar refractivity (Wildman–Crippen MR) is 88.2 cm³/mol. The monoisotopic (exact) mass is 339 g/mol. The summed E-state index contributed by atoms with van der Waals surface area (Å²) in [6, 6.07) is 13.6. The van der Waals surface area contributed by atoms with Gasteiger partial charge in [0.15, 0.2) is 5.76 Å². The SMILES string of the molecule is Cc1ccc(-c2cc(CSc3nnc(-c4ccco4)o3)on2)cc1. The van der Waals surface area contributed by atoms with Crippen molar-refractivity contribution in [3.8, 4) is 22.9 Å². The molecule has 0 saturated carbocycles. The lowest BCUT2D eigenvalue weighted by atomic mass is 10.1. The number of hydrogen-bond donors (Lipinski definition) is 0. The minimum Gasteiger partial charge on any atom is -0.459 e. The number of rotatable bonds is 5. The first kappa shape index (κ1) is 14.8. The Labute approximate surface area is 141 Å². The minimum atomic E-state index is 0.361. The van der Waals surface area contributed by atoms with Gasteiger partial charge in [-0.25, -0.2) is 0 Å². The number of benzene rings is 1. The molecule has 0 spiro atoms. The smallest absolute Gasteiger partial charge is 0.284 e. The topological polar surface area (TPSA) is 78.1 Å². The Balaban J connectivity index is 1.42. The normalized spacial score (nSPS) is 11.0. The van der Waals surface area contributed by atoms with Crippen LogP contribution >= 0.6 is 11.8 Å². The fourth-order valence-electron chi connectivity index (χ4n) is 2.14. The molecule has 0 aliphatic rings. The highest BCUT2D eigenvalue weighted by molar-refractivity contribution is 7.98. The summed E-state index contributed by atoms with van der Waals surface area (Å²) in [5.74, 6) is 2.21. The van der Waals surface area contributed by atoms with Crippen molar-refractivity contribution < 1.29 is 13.4 Å². The molecule has 0 atom stereocenters. The van der Waals surface area contributed by atoms with Crippen LogP contribution in [0, 0.1) is 6.92 Å². The Morgan fingerprint density at radius 3 is 2.75 bits per heavy atom. The zero-order valence-electron chi connectivity index (χ0n) is 12.8. The molecule has 6 nitrogen and oxygen atoms in total. The first-order chi connectivity index (χ1) is 11.8. The van der Waals surface area contributed by atoms with E-state index in [4.69, 9.17) is 13.4 Å². The molecule has 4 rings (SSSR count). The van der Waals surface area contributed by atoms with Crippen molar-refractivity contribution in [2.75, 3.05) is 0 Å². The molecule has 1 aromatic carbocycles. The lowest BCUT2D eigenvalue weighted by molar-refractivity contribution is 0.396. The van der Waals surface area contributed by atoms with Crippen LogP contribution in [0.25, 0.3) is 22.9 Å². The number of hydrogen-bond acceptors (Lipinski definition) is 7. The van der Waals surface area contributed by atoms with E-state index in [-0.39, 0.29) is 0 Å². The quantitative estimate of drug-likeness (QED) is 0.492. The lowest BCUT2D eigenvalue weighted by Crippen LogP contribution is -1.78. The molecule has 0 aliphatic carbocycles. The highest BCUT2D eigenvalue weighted by Gasteiger charge is 2.13. The van der Waals surface area contributed by atoms with E-state index in [1.807, 2.05) is 30.3 Å². The third-order valence-electron chi connectivity index (χ3n) is 3.38. The fraction of sp³-hybridized carbons (Fsp3) is 0.118. The van der Waals surface area contributed by atoms with Crippen molar-refractivity contribution >= 4 is 11.8 Å². The zero-order valence-corrected chi connectivity index (χ0v) is 13.6. The number of furan rings is 1. The summed E-state index contributed by atoms with van der Waals surface area (Å²) in [7, 11) is 0. The summed E-state index contributed by atoms with van der Waals surface area (Å²) in [4.78, 5) is 0. The van der Waals surface area contributed by atoms with Crippen molar-refractivity contribution in [2.24, 2.45) is 0 Å². The minimum absolute atomic E-state index is 0.361. The van der Waals surface area contributed by atoms with Crippen LogP contribution in [0.4, 0.5) is 0 Å². The van der Waals surface area contributed by atoms with Gasteiger partial charge in [-0.15, -0.1) is 10.2 Å². The molecule has 0 aliphatic heterocycles. The second-order valence-electron chi connectivity index (χ2n) is 5.18. The number of nitrogens with zero attached hydrogens (tertiary/aromatic N) is 3. The van der Waals surface area contributed by atoms with Crippen LogP contribution in [-0.2, 0) is 5.75 Å². The highest BCUT2D eigenvalue weighted by atomic mass is 32.2. The van der Waals surface area contributed by atoms with E-state index in [1.165, 1.54) is 17.3 Å². The Morgan fingerprint density at radius 1 is 1.08 bits per heavy atom. The number of thioether (sulfide) groups is 1. The molecule has 0 fully saturated rings. The van der Waals surface area contributed by atoms with E-state index in [2.05, 4.69) is 22.3 Å². The maximum absolute atomic E-state index is 5.54. The summed E-state index contributed by atoms with van der Waals surface area (Å²) in [5, 5.41) is 12.5. The molecule has 7 heteroatoms. The Kier molecular flexibility index (Phi) is 3.92. The maximum atomic E-state index is 5.54. The molecule has 0 amide bonds. The van der Waals surface area contributed by atoms with Gasteiger partial charge in [-0.3, -0.25) is 0 Å². The Morgan fingerprint density at radius 2 is 1.96 bits per heavy atom. The van der Waals surface area contributed by atoms with Crippen molar-refractivity contribution in [1.29, 1.82) is 0 Å². The second-order valence-corrected chi connectivity index (χ2v) is 6.11. The van der Waals surface area contributed by atoms with Gasteiger partial charge in [0.05, 0.1) is 12.0 Å². The summed E-state index contributed by atoms with van der Waals surface area (Å²) in [6.45, 7) is 2.05. The summed E-state index contributed by atoms with van der Waals surface area (Å²) in [5.41, 5.74) is 3.05. The molecule has 0 radical (unpaired) electrons. The molecular weight excluding hydrogens is 326 g/mol. The van der Waals surface area contributed by atoms with Gasteiger partial charge < -0.3 is 13.4 Å². The second kappa shape index (κ2) is 6.37. The largest absolute Gasteiger partial charge is 0.459 e. The van der Waals surface area contributed by atoms with Crippen LogP contribution in [0.3, 0.4) is 0 Å². The standard InChI is InChI=1S/C17H13N3O3S/c1-11-4-6-12(7-5-11)14-9-13(23-20-14)10-24-17-19-18-16(22-17)15-3-2-8-21-15/h2-9H,10H2,1H3. The van der Waals surface area contributed by atoms with Crippen LogP contribution in [-0.4, -0.2) is 15.4 Å². The Hall–Kier alpha value is -2.80. The van der Waals surface area contributed by atoms with Gasteiger partial charge in [0.2, 0.25) is 0 Å². The number of aromatic nitrogens is 3. The van der Waals surface area contributed by atoms with E-state index < -0.39 is 0 Å². The molecule has 0 bridgehead atoms. The van der Waals surface area contributed by atoms with Gasteiger partial charge in [-0.1, -0.05) is 46.7 Å². The maximum Gasteiger partial charge on any atom is 0.284 e. The van der Waals surface area contributed by atoms with Crippen LogP contribution in [0.5, 0.6) is 0 Å². The molecule has 24 heavy (non-hydrogen) atoms. The van der Waals surface area contributed by atoms with Crippen molar-refractivity contribution in [1.82, 2.24) is 15.4 Å². The summed E-state index contributed by atoms with van der Waals surface area (Å²) in [6.07, 6.45) is 1.56. The van der Waals surface area contributed by atoms with Gasteiger partial charge in [0.25, 0.3) is 11.1 Å². The molecule has 0 saturated heterocycles. The van der Waals surface area contributed by atoms with Crippen molar-refractivity contribution in [3.63, 3.8) is 0 Å². The van der Waals surface area contributed by atoms with Gasteiger partial charge in [-0.05, 0) is 19.1 Å². The highest BCUT2D eigenvalue weighted by Crippen LogP contribution is 2.27. The average molecular weight is 339 g/mol. The molecule has 3 heterocycles. The first-order valence-corrected chi connectivity index (χ1v) is 8.29. The summed E-state index contributed by atoms with van der Waals surface area (Å²) < 4.78 is 16.1. The van der Waals surface area contributed by atoms with Gasteiger partial charge in [0, 0.05) is 11.6 Å². The number of aryl methyl sites for hydroxylation is 1. The van der Waals surface area contributed by atoms with E-state index in [0.29, 0.717) is 22.6 Å². The lowest BCUT2D eigenvalue weighted by Gasteiger charge is -1.95. The fourth-order valence-corrected chi connectivity index (χ4v) is 2.78. The zero-order chi connectivity index (χ0) is 16.4. The van der Waals surface area contributed by atoms with Gasteiger partial charge in [0.1, 0.15) is 11.5 Å². The van der Waals surface area contributed by atoms with E-state index in [0.717, 1.165) is 17.0 Å². The van der Waals surface area contributed by atoms with Crippen LogP contribution < -0.4 is 0 Å². The predicted octanol–water partition coefficient (Wildman–Crippen LogP) is 4.59. The molecule has 0 unspecified atom stereocenters. The van der Waals surface area contributed by atoms with E-state index in [9.17, 15) is 0 Å². The van der Waals surface area contributed by atoms with Gasteiger partial charge >= 0.3 is 0 Å². The molecule has 3 aromatic heterocycles. The third-order valence-corrected chi connectivity index (χ3v) is 4.22. The molecule has 4 aromatic rings. The molecular formula is C17H13N3O3S. The van der Waals surface area contributed by atoms with E-state index >= 15 is 0 Å². The molecule has 120 valence electrons. The van der Waals surface area contributed by atoms with E-state index in [1.54, 1.807) is 18.4 Å². The Bertz CT molecular complexity index is 926.